The third-order valence-electron chi connectivity index (χ3n) is 1.55. The Morgan fingerprint density at radius 2 is 2.31 bits per heavy atom. The number of hydrogen-bond acceptors (Lipinski definition) is 2. The first kappa shape index (κ1) is 11.1. The predicted molar refractivity (Wildman–Crippen MR) is 54.4 cm³/mol. The smallest absolute Gasteiger partial charge is 0.251 e. The van der Waals surface area contributed by atoms with Crippen molar-refractivity contribution in [1.29, 1.82) is 0 Å². The molecule has 0 aromatic carbocycles. The molecule has 1 aromatic heterocycles. The van der Waals surface area contributed by atoms with Gasteiger partial charge in [0.05, 0.1) is 6.54 Å². The molecule has 0 spiro atoms. The molecule has 0 aliphatic carbocycles. The number of halogens is 3. The van der Waals surface area contributed by atoms with Gasteiger partial charge in [0.1, 0.15) is 0 Å². The van der Waals surface area contributed by atoms with Crippen LogP contribution in [0.4, 0.5) is 8.78 Å². The summed E-state index contributed by atoms with van der Waals surface area (Å²) in [6.07, 6.45) is -2.26. The average molecular weight is 270 g/mol. The number of rotatable bonds is 4. The molecule has 0 bridgehead atoms. The lowest BCUT2D eigenvalue weighted by Crippen LogP contribution is -2.23. The first-order chi connectivity index (χ1) is 6.09. The van der Waals surface area contributed by atoms with Gasteiger partial charge in [-0.2, -0.15) is 0 Å². The molecule has 74 valence electrons. The molecule has 13 heavy (non-hydrogen) atoms. The Morgan fingerprint density at radius 3 is 2.77 bits per heavy atom. The van der Waals surface area contributed by atoms with Gasteiger partial charge in [-0.1, -0.05) is 0 Å². The van der Waals surface area contributed by atoms with Crippen LogP contribution < -0.4 is 0 Å². The number of thiophene rings is 1. The predicted octanol–water partition coefficient (Wildman–Crippen LogP) is 3.21. The molecule has 1 aromatic rings. The van der Waals surface area contributed by atoms with Crippen LogP contribution in [-0.4, -0.2) is 24.9 Å². The van der Waals surface area contributed by atoms with Gasteiger partial charge >= 0.3 is 0 Å². The van der Waals surface area contributed by atoms with Gasteiger partial charge in [-0.15, -0.1) is 11.3 Å². The zero-order chi connectivity index (χ0) is 9.84. The minimum Gasteiger partial charge on any atom is -0.296 e. The third-order valence-corrected chi connectivity index (χ3v) is 3.47. The van der Waals surface area contributed by atoms with E-state index in [0.29, 0.717) is 6.54 Å². The first-order valence-corrected chi connectivity index (χ1v) is 5.45. The Labute approximate surface area is 88.5 Å². The lowest BCUT2D eigenvalue weighted by Gasteiger charge is -2.14. The largest absolute Gasteiger partial charge is 0.296 e. The van der Waals surface area contributed by atoms with E-state index < -0.39 is 6.43 Å². The summed E-state index contributed by atoms with van der Waals surface area (Å²) >= 11 is 4.93. The maximum atomic E-state index is 12.0. The van der Waals surface area contributed by atoms with Gasteiger partial charge in [0.15, 0.2) is 0 Å². The van der Waals surface area contributed by atoms with Crippen molar-refractivity contribution in [2.75, 3.05) is 13.6 Å². The van der Waals surface area contributed by atoms with Crippen LogP contribution in [0.15, 0.2) is 15.9 Å². The van der Waals surface area contributed by atoms with Crippen LogP contribution in [0.1, 0.15) is 4.88 Å². The molecule has 0 amide bonds. The molecule has 0 aliphatic heterocycles. The number of nitrogens with zero attached hydrogens (tertiary/aromatic N) is 1. The van der Waals surface area contributed by atoms with Crippen LogP contribution in [0.25, 0.3) is 0 Å². The van der Waals surface area contributed by atoms with Crippen molar-refractivity contribution in [1.82, 2.24) is 4.90 Å². The van der Waals surface area contributed by atoms with Crippen molar-refractivity contribution in [2.24, 2.45) is 0 Å². The fourth-order valence-corrected chi connectivity index (χ4v) is 2.54. The molecule has 0 atom stereocenters. The second-order valence-corrected chi connectivity index (χ2v) is 4.63. The quantitative estimate of drug-likeness (QED) is 0.812. The highest BCUT2D eigenvalue weighted by molar-refractivity contribution is 9.10. The van der Waals surface area contributed by atoms with E-state index in [0.717, 1.165) is 9.35 Å². The van der Waals surface area contributed by atoms with Crippen molar-refractivity contribution < 1.29 is 8.78 Å². The van der Waals surface area contributed by atoms with Crippen molar-refractivity contribution in [2.45, 2.75) is 13.0 Å². The van der Waals surface area contributed by atoms with Gasteiger partial charge in [0.2, 0.25) is 0 Å². The fourth-order valence-electron chi connectivity index (χ4n) is 0.983. The normalized spacial score (nSPS) is 11.5. The SMILES string of the molecule is CN(Cc1sccc1Br)CC(F)F. The lowest BCUT2D eigenvalue weighted by atomic mass is 10.4. The summed E-state index contributed by atoms with van der Waals surface area (Å²) in [5.41, 5.74) is 0. The number of hydrogen-bond donors (Lipinski definition) is 0. The lowest BCUT2D eigenvalue weighted by molar-refractivity contribution is 0.0979. The summed E-state index contributed by atoms with van der Waals surface area (Å²) < 4.78 is 24.9. The van der Waals surface area contributed by atoms with Gasteiger partial charge in [-0.25, -0.2) is 8.78 Å². The highest BCUT2D eigenvalue weighted by Gasteiger charge is 2.10. The summed E-state index contributed by atoms with van der Waals surface area (Å²) in [5.74, 6) is 0. The van der Waals surface area contributed by atoms with Crippen LogP contribution in [0.3, 0.4) is 0 Å². The van der Waals surface area contributed by atoms with Crippen LogP contribution in [0, 0.1) is 0 Å². The maximum absolute atomic E-state index is 12.0. The van der Waals surface area contributed by atoms with Crippen molar-refractivity contribution >= 4 is 27.3 Å². The van der Waals surface area contributed by atoms with Crippen molar-refractivity contribution in [3.05, 3.63) is 20.8 Å². The standard InChI is InChI=1S/C8H10BrF2NS/c1-12(5-8(10)11)4-7-6(9)2-3-13-7/h2-3,8H,4-5H2,1H3. The molecular formula is C8H10BrF2NS. The second-order valence-electron chi connectivity index (χ2n) is 2.78. The molecule has 1 heterocycles. The highest BCUT2D eigenvalue weighted by Crippen LogP contribution is 2.23. The molecule has 0 saturated heterocycles. The van der Waals surface area contributed by atoms with E-state index in [1.54, 1.807) is 23.3 Å². The fraction of sp³-hybridized carbons (Fsp3) is 0.500. The Hall–Kier alpha value is -0.0000000000000000555. The average Bonchev–Trinajstić information content (AvgIpc) is 2.34. The zero-order valence-corrected chi connectivity index (χ0v) is 9.54. The van der Waals surface area contributed by atoms with E-state index >= 15 is 0 Å². The van der Waals surface area contributed by atoms with Gasteiger partial charge < -0.3 is 0 Å². The van der Waals surface area contributed by atoms with Gasteiger partial charge in [-0.05, 0) is 34.4 Å². The first-order valence-electron chi connectivity index (χ1n) is 3.78. The van der Waals surface area contributed by atoms with Gasteiger partial charge in [0, 0.05) is 15.9 Å². The Bertz CT molecular complexity index is 264. The molecular weight excluding hydrogens is 260 g/mol. The zero-order valence-electron chi connectivity index (χ0n) is 7.14. The van der Waals surface area contributed by atoms with Crippen molar-refractivity contribution in [3.8, 4) is 0 Å². The second kappa shape index (κ2) is 5.02. The molecule has 0 fully saturated rings. The van der Waals surface area contributed by atoms with Crippen LogP contribution in [-0.2, 0) is 6.54 Å². The highest BCUT2D eigenvalue weighted by atomic mass is 79.9. The van der Waals surface area contributed by atoms with E-state index in [4.69, 9.17) is 0 Å². The van der Waals surface area contributed by atoms with Gasteiger partial charge in [-0.3, -0.25) is 4.90 Å². The van der Waals surface area contributed by atoms with E-state index in [9.17, 15) is 8.78 Å². The summed E-state index contributed by atoms with van der Waals surface area (Å²) in [5, 5.41) is 1.94. The van der Waals surface area contributed by atoms with Crippen LogP contribution in [0.2, 0.25) is 0 Å². The van der Waals surface area contributed by atoms with Gasteiger partial charge in [0.25, 0.3) is 6.43 Å². The molecule has 0 radical (unpaired) electrons. The minimum absolute atomic E-state index is 0.176. The molecule has 0 N–H and O–H groups in total. The third kappa shape index (κ3) is 3.70. The van der Waals surface area contributed by atoms with E-state index in [2.05, 4.69) is 15.9 Å². The van der Waals surface area contributed by atoms with Crippen LogP contribution >= 0.6 is 27.3 Å². The Balaban J connectivity index is 2.45. The summed E-state index contributed by atoms with van der Waals surface area (Å²) in [6, 6.07) is 1.93. The molecule has 1 nitrogen and oxygen atoms in total. The van der Waals surface area contributed by atoms with E-state index in [-0.39, 0.29) is 6.54 Å². The monoisotopic (exact) mass is 269 g/mol. The Morgan fingerprint density at radius 1 is 1.62 bits per heavy atom. The summed E-state index contributed by atoms with van der Waals surface area (Å²) in [7, 11) is 1.69. The number of alkyl halides is 2. The Kier molecular flexibility index (Phi) is 4.28. The van der Waals surface area contributed by atoms with Crippen molar-refractivity contribution in [3.63, 3.8) is 0 Å². The molecule has 0 unspecified atom stereocenters. The minimum atomic E-state index is -2.26. The van der Waals surface area contributed by atoms with Crippen LogP contribution in [0.5, 0.6) is 0 Å². The molecule has 0 aliphatic rings. The topological polar surface area (TPSA) is 3.24 Å². The summed E-state index contributed by atoms with van der Waals surface area (Å²) in [6.45, 7) is 0.396. The molecule has 1 rings (SSSR count). The summed E-state index contributed by atoms with van der Waals surface area (Å²) in [4.78, 5) is 2.70. The maximum Gasteiger partial charge on any atom is 0.251 e. The van der Waals surface area contributed by atoms with E-state index in [1.807, 2.05) is 11.4 Å². The molecule has 5 heteroatoms. The molecule has 0 saturated carbocycles. The van der Waals surface area contributed by atoms with E-state index in [1.165, 1.54) is 0 Å².